The molecule has 0 saturated heterocycles. The minimum Gasteiger partial charge on any atom is -0.288 e. The summed E-state index contributed by atoms with van der Waals surface area (Å²) >= 11 is 1.26. The monoisotopic (exact) mass is 326 g/mol. The summed E-state index contributed by atoms with van der Waals surface area (Å²) in [6, 6.07) is 7.46. The van der Waals surface area contributed by atoms with Crippen LogP contribution in [0, 0.1) is 6.92 Å². The lowest BCUT2D eigenvalue weighted by Crippen LogP contribution is -2.13. The van der Waals surface area contributed by atoms with Crippen LogP contribution >= 0.6 is 11.3 Å². The third-order valence-electron chi connectivity index (χ3n) is 3.03. The number of rotatable bonds is 2. The van der Waals surface area contributed by atoms with Crippen LogP contribution in [0.25, 0.3) is 10.1 Å². The molecular formula is C13H9F3N4OS. The van der Waals surface area contributed by atoms with E-state index >= 15 is 0 Å². The largest absolute Gasteiger partial charge is 0.451 e. The molecule has 0 aliphatic rings. The van der Waals surface area contributed by atoms with Crippen molar-refractivity contribution in [1.82, 2.24) is 15.2 Å². The summed E-state index contributed by atoms with van der Waals surface area (Å²) < 4.78 is 38.2. The maximum Gasteiger partial charge on any atom is 0.451 e. The molecule has 22 heavy (non-hydrogen) atoms. The second-order valence-corrected chi connectivity index (χ2v) is 5.56. The van der Waals surface area contributed by atoms with E-state index in [1.54, 1.807) is 12.0 Å². The molecule has 5 nitrogen and oxygen atoms in total. The SMILES string of the molecule is Cc1c(C(=O)Nc2n[nH]c(C(F)(F)F)n2)sc2ccccc12. The van der Waals surface area contributed by atoms with Gasteiger partial charge in [-0.05, 0) is 23.9 Å². The van der Waals surface area contributed by atoms with Gasteiger partial charge in [-0.2, -0.15) is 18.2 Å². The first-order valence-corrected chi connectivity index (χ1v) is 6.97. The maximum atomic E-state index is 12.4. The Bertz CT molecular complexity index is 852. The minimum atomic E-state index is -4.64. The van der Waals surface area contributed by atoms with Gasteiger partial charge in [0.1, 0.15) is 0 Å². The summed E-state index contributed by atoms with van der Waals surface area (Å²) in [6.07, 6.45) is -4.64. The highest BCUT2D eigenvalue weighted by Crippen LogP contribution is 2.31. The van der Waals surface area contributed by atoms with E-state index in [9.17, 15) is 18.0 Å². The smallest absolute Gasteiger partial charge is 0.288 e. The van der Waals surface area contributed by atoms with Gasteiger partial charge in [0.2, 0.25) is 11.8 Å². The zero-order valence-corrected chi connectivity index (χ0v) is 12.0. The molecule has 9 heteroatoms. The van der Waals surface area contributed by atoms with Crippen LogP contribution in [0.4, 0.5) is 19.1 Å². The number of anilines is 1. The normalized spacial score (nSPS) is 11.8. The lowest BCUT2D eigenvalue weighted by atomic mass is 10.1. The Labute approximate surface area is 126 Å². The van der Waals surface area contributed by atoms with Crippen molar-refractivity contribution in [3.8, 4) is 0 Å². The first kappa shape index (κ1) is 14.5. The second kappa shape index (κ2) is 5.09. The van der Waals surface area contributed by atoms with Crippen molar-refractivity contribution in [2.45, 2.75) is 13.1 Å². The fraction of sp³-hybridized carbons (Fsp3) is 0.154. The van der Waals surface area contributed by atoms with Gasteiger partial charge in [-0.15, -0.1) is 16.4 Å². The number of nitrogens with zero attached hydrogens (tertiary/aromatic N) is 2. The van der Waals surface area contributed by atoms with Crippen molar-refractivity contribution in [2.75, 3.05) is 5.32 Å². The predicted molar refractivity (Wildman–Crippen MR) is 75.9 cm³/mol. The molecular weight excluding hydrogens is 317 g/mol. The summed E-state index contributed by atoms with van der Waals surface area (Å²) in [5.41, 5.74) is 0.768. The molecule has 0 aliphatic carbocycles. The van der Waals surface area contributed by atoms with Gasteiger partial charge in [-0.1, -0.05) is 18.2 Å². The zero-order valence-electron chi connectivity index (χ0n) is 11.2. The molecule has 0 saturated carbocycles. The van der Waals surface area contributed by atoms with Gasteiger partial charge in [0.05, 0.1) is 4.88 Å². The highest BCUT2D eigenvalue weighted by Gasteiger charge is 2.35. The van der Waals surface area contributed by atoms with Crippen LogP contribution in [0.1, 0.15) is 21.1 Å². The van der Waals surface area contributed by atoms with Crippen LogP contribution in [0.2, 0.25) is 0 Å². The van der Waals surface area contributed by atoms with Gasteiger partial charge in [0.25, 0.3) is 5.91 Å². The van der Waals surface area contributed by atoms with E-state index in [1.165, 1.54) is 11.3 Å². The number of aromatic nitrogens is 3. The number of nitrogens with one attached hydrogen (secondary N) is 2. The molecule has 0 atom stereocenters. The van der Waals surface area contributed by atoms with E-state index < -0.39 is 23.9 Å². The van der Waals surface area contributed by atoms with E-state index in [0.29, 0.717) is 4.88 Å². The van der Waals surface area contributed by atoms with Crippen LogP contribution in [0.15, 0.2) is 24.3 Å². The average molecular weight is 326 g/mol. The number of carbonyl (C=O) groups is 1. The fourth-order valence-corrected chi connectivity index (χ4v) is 3.10. The number of amides is 1. The number of aryl methyl sites for hydroxylation is 1. The number of aromatic amines is 1. The van der Waals surface area contributed by atoms with Gasteiger partial charge in [0, 0.05) is 4.70 Å². The molecule has 0 bridgehead atoms. The molecule has 1 aromatic carbocycles. The molecule has 0 spiro atoms. The van der Waals surface area contributed by atoms with Crippen LogP contribution in [-0.4, -0.2) is 21.1 Å². The maximum absolute atomic E-state index is 12.4. The number of benzene rings is 1. The molecule has 2 aromatic heterocycles. The van der Waals surface area contributed by atoms with Crippen molar-refractivity contribution in [1.29, 1.82) is 0 Å². The van der Waals surface area contributed by atoms with Crippen molar-refractivity contribution >= 4 is 33.3 Å². The Kier molecular flexibility index (Phi) is 3.36. The number of carbonyl (C=O) groups excluding carboxylic acids is 1. The van der Waals surface area contributed by atoms with Gasteiger partial charge in [-0.25, -0.2) is 0 Å². The molecule has 2 heterocycles. The first-order chi connectivity index (χ1) is 10.4. The van der Waals surface area contributed by atoms with E-state index in [-0.39, 0.29) is 0 Å². The zero-order chi connectivity index (χ0) is 15.9. The van der Waals surface area contributed by atoms with Gasteiger partial charge < -0.3 is 0 Å². The Morgan fingerprint density at radius 1 is 1.32 bits per heavy atom. The lowest BCUT2D eigenvalue weighted by molar-refractivity contribution is -0.144. The van der Waals surface area contributed by atoms with Crippen molar-refractivity contribution < 1.29 is 18.0 Å². The summed E-state index contributed by atoms with van der Waals surface area (Å²) in [4.78, 5) is 15.8. The number of H-pyrrole nitrogens is 1. The third-order valence-corrected chi connectivity index (χ3v) is 4.30. The van der Waals surface area contributed by atoms with E-state index in [0.717, 1.165) is 15.6 Å². The Morgan fingerprint density at radius 3 is 2.68 bits per heavy atom. The minimum absolute atomic E-state index is 0.408. The average Bonchev–Trinajstić information content (AvgIpc) is 3.04. The van der Waals surface area contributed by atoms with Crippen LogP contribution in [-0.2, 0) is 6.18 Å². The number of halogens is 3. The summed E-state index contributed by atoms with van der Waals surface area (Å²) in [5.74, 6) is -2.20. The fourth-order valence-electron chi connectivity index (χ4n) is 1.99. The number of hydrogen-bond acceptors (Lipinski definition) is 4. The summed E-state index contributed by atoms with van der Waals surface area (Å²) in [5, 5.41) is 8.30. The first-order valence-electron chi connectivity index (χ1n) is 6.15. The van der Waals surface area contributed by atoms with E-state index in [2.05, 4.69) is 15.4 Å². The Morgan fingerprint density at radius 2 is 2.05 bits per heavy atom. The number of fused-ring (bicyclic) bond motifs is 1. The van der Waals surface area contributed by atoms with E-state index in [1.807, 2.05) is 24.3 Å². The summed E-state index contributed by atoms with van der Waals surface area (Å²) in [7, 11) is 0. The second-order valence-electron chi connectivity index (χ2n) is 4.51. The topological polar surface area (TPSA) is 70.7 Å². The lowest BCUT2D eigenvalue weighted by Gasteiger charge is -2.00. The molecule has 0 radical (unpaired) electrons. The molecule has 3 rings (SSSR count). The van der Waals surface area contributed by atoms with Crippen molar-refractivity contribution in [3.63, 3.8) is 0 Å². The van der Waals surface area contributed by atoms with Crippen LogP contribution in [0.3, 0.4) is 0 Å². The third kappa shape index (κ3) is 2.54. The quantitative estimate of drug-likeness (QED) is 0.756. The standard InChI is InChI=1S/C13H9F3N4OS/c1-6-7-4-2-3-5-8(7)22-9(6)10(21)17-12-18-11(19-20-12)13(14,15)16/h2-5H,1H3,(H2,17,18,19,20,21). The van der Waals surface area contributed by atoms with Crippen LogP contribution < -0.4 is 5.32 Å². The summed E-state index contributed by atoms with van der Waals surface area (Å²) in [6.45, 7) is 1.78. The highest BCUT2D eigenvalue weighted by atomic mass is 32.1. The molecule has 3 aromatic rings. The van der Waals surface area contributed by atoms with E-state index in [4.69, 9.17) is 0 Å². The number of hydrogen-bond donors (Lipinski definition) is 2. The predicted octanol–water partition coefficient (Wildman–Crippen LogP) is 3.60. The van der Waals surface area contributed by atoms with Gasteiger partial charge in [-0.3, -0.25) is 15.2 Å². The molecule has 1 amide bonds. The molecule has 0 fully saturated rings. The number of thiophene rings is 1. The molecule has 0 aliphatic heterocycles. The van der Waals surface area contributed by atoms with Gasteiger partial charge >= 0.3 is 6.18 Å². The molecule has 114 valence electrons. The molecule has 0 unspecified atom stereocenters. The van der Waals surface area contributed by atoms with Gasteiger partial charge in [0.15, 0.2) is 0 Å². The Balaban J connectivity index is 1.87. The van der Waals surface area contributed by atoms with Crippen molar-refractivity contribution in [2.24, 2.45) is 0 Å². The Hall–Kier alpha value is -2.42. The van der Waals surface area contributed by atoms with Crippen LogP contribution in [0.5, 0.6) is 0 Å². The van der Waals surface area contributed by atoms with Crippen molar-refractivity contribution in [3.05, 3.63) is 40.5 Å². The number of alkyl halides is 3. The molecule has 2 N–H and O–H groups in total. The highest BCUT2D eigenvalue weighted by molar-refractivity contribution is 7.21.